The fourth-order valence-electron chi connectivity index (χ4n) is 11.9. The van der Waals surface area contributed by atoms with Crippen LogP contribution >= 0.6 is 0 Å². The Morgan fingerprint density at radius 3 is 0.788 bits per heavy atom. The van der Waals surface area contributed by atoms with Crippen molar-refractivity contribution < 1.29 is 58.5 Å². The zero-order chi connectivity index (χ0) is 49.9. The molecule has 0 spiro atoms. The average Bonchev–Trinajstić information content (AvgIpc) is 3.12. The third-order valence-corrected chi connectivity index (χ3v) is 14.2. The van der Waals surface area contributed by atoms with Crippen molar-refractivity contribution in [3.63, 3.8) is 0 Å². The maximum absolute atomic E-state index is 13.0. The third-order valence-electron chi connectivity index (χ3n) is 14.2. The molecular formula is C50H90N4O12. The summed E-state index contributed by atoms with van der Waals surface area (Å²) < 4.78 is 23.5. The Morgan fingerprint density at radius 1 is 0.348 bits per heavy atom. The van der Waals surface area contributed by atoms with E-state index < -0.39 is 62.4 Å². The molecule has 2 N–H and O–H groups in total. The van der Waals surface area contributed by atoms with Gasteiger partial charge in [0.05, 0.1) is 12.8 Å². The van der Waals surface area contributed by atoms with Crippen LogP contribution in [-0.2, 0) is 48.1 Å². The fraction of sp³-hybridized carbons (Fsp3) is 0.920. The summed E-state index contributed by atoms with van der Waals surface area (Å²) in [7, 11) is 0. The zero-order valence-corrected chi connectivity index (χ0v) is 43.8. The highest BCUT2D eigenvalue weighted by Crippen LogP contribution is 2.44. The topological polar surface area (TPSA) is 177 Å². The van der Waals surface area contributed by atoms with Gasteiger partial charge in [0.25, 0.3) is 0 Å². The van der Waals surface area contributed by atoms with Gasteiger partial charge in [-0.1, -0.05) is 25.7 Å². The molecule has 4 aliphatic rings. The highest BCUT2D eigenvalue weighted by Gasteiger charge is 2.53. The van der Waals surface area contributed by atoms with E-state index in [0.717, 1.165) is 38.5 Å². The molecule has 4 rings (SSSR count). The van der Waals surface area contributed by atoms with Crippen molar-refractivity contribution in [1.29, 1.82) is 0 Å². The Kier molecular flexibility index (Phi) is 18.1. The van der Waals surface area contributed by atoms with Gasteiger partial charge in [-0.3, -0.25) is 19.2 Å². The van der Waals surface area contributed by atoms with Crippen LogP contribution in [0, 0.1) is 0 Å². The van der Waals surface area contributed by atoms with E-state index in [-0.39, 0.29) is 43.1 Å². The quantitative estimate of drug-likeness (QED) is 0.0411. The lowest BCUT2D eigenvalue weighted by molar-refractivity contribution is -0.574. The second-order valence-corrected chi connectivity index (χ2v) is 25.1. The molecule has 16 nitrogen and oxygen atoms in total. The maximum atomic E-state index is 13.0. The van der Waals surface area contributed by atoms with Crippen molar-refractivity contribution in [2.45, 2.75) is 295 Å². The van der Waals surface area contributed by atoms with Crippen molar-refractivity contribution >= 4 is 23.9 Å². The summed E-state index contributed by atoms with van der Waals surface area (Å²) in [6.45, 7) is 31.8. The van der Waals surface area contributed by atoms with E-state index in [4.69, 9.17) is 28.9 Å². The van der Waals surface area contributed by atoms with Gasteiger partial charge in [0.15, 0.2) is 0 Å². The van der Waals surface area contributed by atoms with E-state index in [2.05, 4.69) is 27.7 Å². The number of piperidine rings is 4. The van der Waals surface area contributed by atoms with Crippen molar-refractivity contribution in [3.05, 3.63) is 0 Å². The van der Waals surface area contributed by atoms with Gasteiger partial charge in [-0.25, -0.2) is 0 Å². The van der Waals surface area contributed by atoms with Crippen LogP contribution in [0.2, 0.25) is 0 Å². The Labute approximate surface area is 396 Å². The van der Waals surface area contributed by atoms with Gasteiger partial charge in [0, 0.05) is 109 Å². The predicted octanol–water partition coefficient (Wildman–Crippen LogP) is 9.70. The van der Waals surface area contributed by atoms with E-state index in [9.17, 15) is 29.6 Å². The van der Waals surface area contributed by atoms with Gasteiger partial charge >= 0.3 is 23.9 Å². The highest BCUT2D eigenvalue weighted by atomic mass is 17.3. The SMILES string of the molecule is CC1(C)CC(OC(=O)CCCCCCCCC(=O)OC2CC(C)(C)N(OON3C(C)(C)CC(OC(=O)CCC(=O)OC4CC(C)(C)N(O)C(C)(C)C4)CC3(C)C)C(C)(C)C2)CC(C)(C)N1O. The molecule has 0 aromatic rings. The number of hydrogen-bond acceptors (Lipinski definition) is 16. The van der Waals surface area contributed by atoms with E-state index in [1.54, 1.807) is 0 Å². The van der Waals surface area contributed by atoms with E-state index in [0.29, 0.717) is 64.2 Å². The normalized spacial score (nSPS) is 25.8. The van der Waals surface area contributed by atoms with Crippen LogP contribution in [0.25, 0.3) is 0 Å². The average molecular weight is 939 g/mol. The molecule has 0 aromatic carbocycles. The minimum Gasteiger partial charge on any atom is -0.462 e. The van der Waals surface area contributed by atoms with Crippen molar-refractivity contribution in [2.24, 2.45) is 0 Å². The number of nitrogens with zero attached hydrogens (tertiary/aromatic N) is 4. The predicted molar refractivity (Wildman–Crippen MR) is 248 cm³/mol. The standard InChI is InChI=1S/C50H90N4O12/c1-43(2)27-35(28-44(3,4)51(43)59)61-39(55)23-21-19-17-18-20-22-24-40(56)62-37-31-47(9,10)53(48(11,12)32-37)65-66-54-49(13,14)33-38(34-50(54,15)16)64-42(58)26-25-41(57)63-36-29-45(5,6)52(60)46(7,8)30-36/h35-38,59-60H,17-34H2,1-16H3. The number of carbonyl (C=O) groups is 4. The Morgan fingerprint density at radius 2 is 0.545 bits per heavy atom. The molecule has 0 saturated carbocycles. The number of hydroxylamine groups is 8. The van der Waals surface area contributed by atoms with Crippen LogP contribution < -0.4 is 0 Å². The molecular weight excluding hydrogens is 849 g/mol. The number of rotatable bonds is 19. The Bertz CT molecular complexity index is 1600. The molecule has 0 radical (unpaired) electrons. The van der Waals surface area contributed by atoms with Gasteiger partial charge in [-0.2, -0.15) is 10.1 Å². The van der Waals surface area contributed by atoms with E-state index in [1.807, 2.05) is 93.2 Å². The molecule has 4 aliphatic heterocycles. The minimum absolute atomic E-state index is 0.0844. The first-order chi connectivity index (χ1) is 30.1. The van der Waals surface area contributed by atoms with Gasteiger partial charge in [0.2, 0.25) is 0 Å². The molecule has 0 bridgehead atoms. The van der Waals surface area contributed by atoms with E-state index in [1.165, 1.54) is 10.1 Å². The molecule has 0 aromatic heterocycles. The van der Waals surface area contributed by atoms with Gasteiger partial charge in [0.1, 0.15) is 24.4 Å². The summed E-state index contributed by atoms with van der Waals surface area (Å²) in [5, 5.41) is 27.5. The number of esters is 4. The van der Waals surface area contributed by atoms with E-state index >= 15 is 0 Å². The van der Waals surface area contributed by atoms with Crippen LogP contribution in [0.5, 0.6) is 0 Å². The van der Waals surface area contributed by atoms with Crippen molar-refractivity contribution in [1.82, 2.24) is 20.3 Å². The lowest BCUT2D eigenvalue weighted by Crippen LogP contribution is -2.65. The van der Waals surface area contributed by atoms with Gasteiger partial charge < -0.3 is 29.4 Å². The third kappa shape index (κ3) is 15.0. The van der Waals surface area contributed by atoms with Crippen molar-refractivity contribution in [2.75, 3.05) is 0 Å². The molecule has 16 heteroatoms. The molecule has 4 fully saturated rings. The lowest BCUT2D eigenvalue weighted by Gasteiger charge is -2.55. The van der Waals surface area contributed by atoms with Crippen LogP contribution in [0.4, 0.5) is 0 Å². The fourth-order valence-corrected chi connectivity index (χ4v) is 11.9. The van der Waals surface area contributed by atoms with Gasteiger partial charge in [-0.15, -0.1) is 20.1 Å². The molecule has 0 atom stereocenters. The van der Waals surface area contributed by atoms with Crippen molar-refractivity contribution in [3.8, 4) is 0 Å². The summed E-state index contributed by atoms with van der Waals surface area (Å²) in [4.78, 5) is 63.9. The summed E-state index contributed by atoms with van der Waals surface area (Å²) in [6.07, 6.45) is 8.88. The van der Waals surface area contributed by atoms with Crippen LogP contribution in [0.15, 0.2) is 0 Å². The largest absolute Gasteiger partial charge is 0.462 e. The number of ether oxygens (including phenoxy) is 4. The smallest absolute Gasteiger partial charge is 0.306 e. The summed E-state index contributed by atoms with van der Waals surface area (Å²) in [6, 6.07) is 0. The second kappa shape index (κ2) is 21.3. The number of hydrogen-bond donors (Lipinski definition) is 2. The first-order valence-electron chi connectivity index (χ1n) is 24.8. The molecule has 0 amide bonds. The lowest BCUT2D eigenvalue weighted by atomic mass is 9.80. The van der Waals surface area contributed by atoms with Gasteiger partial charge in [-0.05, 0) is 124 Å². The molecule has 0 unspecified atom stereocenters. The first-order valence-corrected chi connectivity index (χ1v) is 24.8. The Balaban J connectivity index is 1.14. The molecule has 66 heavy (non-hydrogen) atoms. The summed E-state index contributed by atoms with van der Waals surface area (Å²) >= 11 is 0. The monoisotopic (exact) mass is 939 g/mol. The van der Waals surface area contributed by atoms with Crippen LogP contribution in [0.1, 0.15) is 226 Å². The molecule has 0 aliphatic carbocycles. The number of unbranched alkanes of at least 4 members (excludes halogenated alkanes) is 5. The molecule has 4 heterocycles. The molecule has 4 saturated heterocycles. The summed E-state index contributed by atoms with van der Waals surface area (Å²) in [5.41, 5.74) is -4.33. The van der Waals surface area contributed by atoms with Crippen LogP contribution in [-0.4, -0.2) is 123 Å². The Hall–Kier alpha value is -2.44. The molecule has 382 valence electrons. The number of carbonyl (C=O) groups excluding carboxylic acids is 4. The van der Waals surface area contributed by atoms with Crippen LogP contribution in [0.3, 0.4) is 0 Å². The second-order valence-electron chi connectivity index (χ2n) is 25.1. The maximum Gasteiger partial charge on any atom is 0.306 e. The highest BCUT2D eigenvalue weighted by molar-refractivity contribution is 5.78. The minimum atomic E-state index is -0.599. The summed E-state index contributed by atoms with van der Waals surface area (Å²) in [5.74, 6) is -1.29. The zero-order valence-electron chi connectivity index (χ0n) is 43.8. The first kappa shape index (κ1) is 56.2.